The Balaban J connectivity index is 1.76. The molecule has 3 aromatic rings. The van der Waals surface area contributed by atoms with Gasteiger partial charge in [0.25, 0.3) is 5.91 Å². The van der Waals surface area contributed by atoms with Crippen molar-refractivity contribution in [1.29, 1.82) is 0 Å². The van der Waals surface area contributed by atoms with Crippen LogP contribution in [0.15, 0.2) is 72.8 Å². The maximum atomic E-state index is 13.0. The number of hydrogen-bond acceptors (Lipinski definition) is 6. The molecular weight excluding hydrogens is 422 g/mol. The van der Waals surface area contributed by atoms with Crippen LogP contribution in [0.3, 0.4) is 0 Å². The van der Waals surface area contributed by atoms with Gasteiger partial charge in [-0.15, -0.1) is 0 Å². The van der Waals surface area contributed by atoms with Crippen molar-refractivity contribution < 1.29 is 28.5 Å². The Bertz CT molecular complexity index is 1120. The Morgan fingerprint density at radius 1 is 0.818 bits per heavy atom. The summed E-state index contributed by atoms with van der Waals surface area (Å²) >= 11 is 0. The van der Waals surface area contributed by atoms with E-state index in [2.05, 4.69) is 5.32 Å². The second kappa shape index (κ2) is 11.4. The summed E-state index contributed by atoms with van der Waals surface area (Å²) in [4.78, 5) is 25.4. The summed E-state index contributed by atoms with van der Waals surface area (Å²) in [5.74, 6) is 0.526. The van der Waals surface area contributed by atoms with E-state index >= 15 is 0 Å². The smallest absolute Gasteiger partial charge is 0.339 e. The van der Waals surface area contributed by atoms with E-state index in [-0.39, 0.29) is 0 Å². The van der Waals surface area contributed by atoms with Gasteiger partial charge in [0.2, 0.25) is 0 Å². The first kappa shape index (κ1) is 23.4. The highest BCUT2D eigenvalue weighted by Gasteiger charge is 2.17. The molecule has 33 heavy (non-hydrogen) atoms. The van der Waals surface area contributed by atoms with Crippen molar-refractivity contribution in [1.82, 2.24) is 0 Å². The van der Waals surface area contributed by atoms with Crippen LogP contribution in [-0.4, -0.2) is 39.8 Å². The molecule has 0 aliphatic carbocycles. The summed E-state index contributed by atoms with van der Waals surface area (Å²) < 4.78 is 21.1. The van der Waals surface area contributed by atoms with Crippen LogP contribution in [0.2, 0.25) is 0 Å². The van der Waals surface area contributed by atoms with E-state index in [0.717, 1.165) is 0 Å². The van der Waals surface area contributed by atoms with Crippen LogP contribution in [0.1, 0.15) is 11.1 Å². The molecule has 170 valence electrons. The number of anilines is 1. The molecule has 0 aliphatic rings. The van der Waals surface area contributed by atoms with Gasteiger partial charge in [0.05, 0.1) is 26.9 Å². The monoisotopic (exact) mass is 447 g/mol. The number of nitrogens with one attached hydrogen (secondary N) is 1. The van der Waals surface area contributed by atoms with Gasteiger partial charge in [-0.1, -0.05) is 48.5 Å². The lowest BCUT2D eigenvalue weighted by Gasteiger charge is -2.12. The van der Waals surface area contributed by atoms with Gasteiger partial charge in [-0.2, -0.15) is 0 Å². The summed E-state index contributed by atoms with van der Waals surface area (Å²) in [7, 11) is 4.59. The number of benzene rings is 3. The average molecular weight is 447 g/mol. The van der Waals surface area contributed by atoms with Crippen molar-refractivity contribution >= 4 is 29.2 Å². The maximum absolute atomic E-state index is 13.0. The van der Waals surface area contributed by atoms with Crippen molar-refractivity contribution in [3.8, 4) is 17.2 Å². The van der Waals surface area contributed by atoms with Gasteiger partial charge >= 0.3 is 5.97 Å². The van der Waals surface area contributed by atoms with Gasteiger partial charge in [-0.05, 0) is 17.7 Å². The van der Waals surface area contributed by atoms with Crippen molar-refractivity contribution in [3.05, 3.63) is 83.9 Å². The largest absolute Gasteiger partial charge is 0.497 e. The summed E-state index contributed by atoms with van der Waals surface area (Å²) in [5, 5.41) is 2.68. The lowest BCUT2D eigenvalue weighted by atomic mass is 10.0. The fourth-order valence-corrected chi connectivity index (χ4v) is 3.10. The van der Waals surface area contributed by atoms with Gasteiger partial charge in [-0.25, -0.2) is 4.79 Å². The van der Waals surface area contributed by atoms with Crippen molar-refractivity contribution in [2.45, 2.75) is 0 Å². The lowest BCUT2D eigenvalue weighted by molar-refractivity contribution is -0.141. The molecule has 0 saturated heterocycles. The first-order valence-corrected chi connectivity index (χ1v) is 10.1. The standard InChI is InChI=1S/C26H25NO6/c1-30-21-14-20(15-22(16-21)31-2)27-25(28)17-33-26(29)23(18-9-5-4-6-10-18)13-19-11-7-8-12-24(19)32-3/h4-16H,17H2,1-3H3,(H,27,28)/b23-13+. The molecule has 0 saturated carbocycles. The minimum absolute atomic E-state index is 0.302. The molecule has 0 unspecified atom stereocenters. The minimum Gasteiger partial charge on any atom is -0.497 e. The van der Waals surface area contributed by atoms with Crippen LogP contribution in [0, 0.1) is 0 Å². The third-order valence-corrected chi connectivity index (χ3v) is 4.71. The van der Waals surface area contributed by atoms with E-state index in [4.69, 9.17) is 18.9 Å². The predicted octanol–water partition coefficient (Wildman–Crippen LogP) is 4.43. The Kier molecular flexibility index (Phi) is 8.07. The van der Waals surface area contributed by atoms with Gasteiger partial charge in [-0.3, -0.25) is 4.79 Å². The number of hydrogen-bond donors (Lipinski definition) is 1. The van der Waals surface area contributed by atoms with Gasteiger partial charge < -0.3 is 24.3 Å². The van der Waals surface area contributed by atoms with Crippen LogP contribution in [0.4, 0.5) is 5.69 Å². The molecule has 1 amide bonds. The van der Waals surface area contributed by atoms with Crippen molar-refractivity contribution in [2.24, 2.45) is 0 Å². The second-order valence-electron chi connectivity index (χ2n) is 6.89. The predicted molar refractivity (Wildman–Crippen MR) is 126 cm³/mol. The fourth-order valence-electron chi connectivity index (χ4n) is 3.10. The van der Waals surface area contributed by atoms with Crippen LogP contribution in [-0.2, 0) is 14.3 Å². The minimum atomic E-state index is -0.634. The highest BCUT2D eigenvalue weighted by molar-refractivity contribution is 6.22. The zero-order chi connectivity index (χ0) is 23.6. The SMILES string of the molecule is COc1cc(NC(=O)COC(=O)/C(=C/c2ccccc2OC)c2ccccc2)cc(OC)c1. The number of carbonyl (C=O) groups is 2. The molecule has 7 heteroatoms. The van der Waals surface area contributed by atoms with Crippen LogP contribution >= 0.6 is 0 Å². The van der Waals surface area contributed by atoms with E-state index in [9.17, 15) is 9.59 Å². The zero-order valence-electron chi connectivity index (χ0n) is 18.7. The van der Waals surface area contributed by atoms with Crippen molar-refractivity contribution in [2.75, 3.05) is 33.3 Å². The number of rotatable bonds is 9. The number of carbonyl (C=O) groups excluding carboxylic acids is 2. The quantitative estimate of drug-likeness (QED) is 0.297. The Morgan fingerprint density at radius 2 is 1.45 bits per heavy atom. The zero-order valence-corrected chi connectivity index (χ0v) is 18.7. The maximum Gasteiger partial charge on any atom is 0.339 e. The van der Waals surface area contributed by atoms with E-state index in [0.29, 0.717) is 39.6 Å². The molecule has 3 rings (SSSR count). The van der Waals surface area contributed by atoms with Gasteiger partial charge in [0.15, 0.2) is 6.61 Å². The van der Waals surface area contributed by atoms with E-state index in [1.54, 1.807) is 49.6 Å². The average Bonchev–Trinajstić information content (AvgIpc) is 2.86. The number of para-hydroxylation sites is 1. The molecule has 7 nitrogen and oxygen atoms in total. The van der Waals surface area contributed by atoms with Crippen LogP contribution < -0.4 is 19.5 Å². The molecule has 0 heterocycles. The summed E-state index contributed by atoms with van der Waals surface area (Å²) in [6.07, 6.45) is 1.68. The molecule has 0 aromatic heterocycles. The summed E-state index contributed by atoms with van der Waals surface area (Å²) in [6, 6.07) is 21.4. The summed E-state index contributed by atoms with van der Waals surface area (Å²) in [5.41, 5.74) is 2.13. The van der Waals surface area contributed by atoms with Gasteiger partial charge in [0, 0.05) is 29.4 Å². The third-order valence-electron chi connectivity index (χ3n) is 4.71. The highest BCUT2D eigenvalue weighted by atomic mass is 16.5. The molecule has 1 N–H and O–H groups in total. The third kappa shape index (κ3) is 6.36. The molecular formula is C26H25NO6. The molecule has 0 aliphatic heterocycles. The normalized spacial score (nSPS) is 10.8. The number of amides is 1. The summed E-state index contributed by atoms with van der Waals surface area (Å²) in [6.45, 7) is -0.464. The Morgan fingerprint density at radius 3 is 2.09 bits per heavy atom. The molecule has 0 fully saturated rings. The highest BCUT2D eigenvalue weighted by Crippen LogP contribution is 2.27. The second-order valence-corrected chi connectivity index (χ2v) is 6.89. The first-order chi connectivity index (χ1) is 16.0. The van der Waals surface area contributed by atoms with Gasteiger partial charge in [0.1, 0.15) is 17.2 Å². The van der Waals surface area contributed by atoms with E-state index in [1.165, 1.54) is 14.2 Å². The number of ether oxygens (including phenoxy) is 4. The molecule has 0 spiro atoms. The Labute approximate surface area is 192 Å². The van der Waals surface area contributed by atoms with Crippen LogP contribution in [0.5, 0.6) is 17.2 Å². The topological polar surface area (TPSA) is 83.1 Å². The molecule has 3 aromatic carbocycles. The molecule has 0 radical (unpaired) electrons. The fraction of sp³-hybridized carbons (Fsp3) is 0.154. The van der Waals surface area contributed by atoms with Crippen molar-refractivity contribution in [3.63, 3.8) is 0 Å². The lowest BCUT2D eigenvalue weighted by Crippen LogP contribution is -2.21. The molecule has 0 bridgehead atoms. The van der Waals surface area contributed by atoms with Crippen LogP contribution in [0.25, 0.3) is 11.6 Å². The Hall–Kier alpha value is -4.26. The van der Waals surface area contributed by atoms with E-state index < -0.39 is 18.5 Å². The number of esters is 1. The van der Waals surface area contributed by atoms with E-state index in [1.807, 2.05) is 36.4 Å². The number of methoxy groups -OCH3 is 3. The molecule has 0 atom stereocenters. The first-order valence-electron chi connectivity index (χ1n) is 10.1.